The van der Waals surface area contributed by atoms with Crippen LogP contribution >= 0.6 is 0 Å². The normalized spacial score (nSPS) is 12.9. The van der Waals surface area contributed by atoms with Gasteiger partial charge in [0, 0.05) is 19.8 Å². The number of nitrogens with one attached hydrogen (secondary N) is 1. The number of aromatic nitrogens is 3. The second kappa shape index (κ2) is 4.49. The summed E-state index contributed by atoms with van der Waals surface area (Å²) in [6.45, 7) is 2.47. The van der Waals surface area contributed by atoms with Crippen molar-refractivity contribution in [2.24, 2.45) is 7.05 Å². The summed E-state index contributed by atoms with van der Waals surface area (Å²) in [4.78, 5) is 8.54. The first-order chi connectivity index (χ1) is 7.68. The molecule has 1 unspecified atom stereocenters. The van der Waals surface area contributed by atoms with E-state index in [4.69, 9.17) is 5.11 Å². The van der Waals surface area contributed by atoms with Crippen molar-refractivity contribution >= 4 is 16.9 Å². The summed E-state index contributed by atoms with van der Waals surface area (Å²) in [7, 11) is 1.95. The number of aryl methyl sites for hydroxylation is 1. The Labute approximate surface area is 94.1 Å². The number of hydrogen-bond acceptors (Lipinski definition) is 4. The molecule has 5 nitrogen and oxygen atoms in total. The molecule has 0 saturated heterocycles. The molecule has 16 heavy (non-hydrogen) atoms. The molecular weight excluding hydrogens is 204 g/mol. The number of aliphatic hydroxyl groups excluding tert-OH is 1. The first-order valence-electron chi connectivity index (χ1n) is 5.36. The number of anilines is 1. The van der Waals surface area contributed by atoms with Crippen LogP contribution in [-0.2, 0) is 7.05 Å². The monoisotopic (exact) mass is 220 g/mol. The van der Waals surface area contributed by atoms with Gasteiger partial charge in [-0.3, -0.25) is 0 Å². The zero-order valence-corrected chi connectivity index (χ0v) is 9.51. The average molecular weight is 220 g/mol. The van der Waals surface area contributed by atoms with Crippen molar-refractivity contribution in [3.8, 4) is 0 Å². The third kappa shape index (κ3) is 2.14. The van der Waals surface area contributed by atoms with Crippen LogP contribution in [0.1, 0.15) is 13.3 Å². The van der Waals surface area contributed by atoms with Crippen molar-refractivity contribution < 1.29 is 5.11 Å². The van der Waals surface area contributed by atoms with Crippen molar-refractivity contribution in [3.05, 3.63) is 18.6 Å². The van der Waals surface area contributed by atoms with Gasteiger partial charge in [-0.15, -0.1) is 0 Å². The Balaban J connectivity index is 2.17. The van der Waals surface area contributed by atoms with Gasteiger partial charge in [0.1, 0.15) is 5.52 Å². The highest BCUT2D eigenvalue weighted by atomic mass is 16.3. The maximum Gasteiger partial charge on any atom is 0.154 e. The molecule has 0 aliphatic rings. The van der Waals surface area contributed by atoms with E-state index < -0.39 is 0 Å². The minimum atomic E-state index is -0.296. The van der Waals surface area contributed by atoms with Gasteiger partial charge in [-0.05, 0) is 19.4 Å². The van der Waals surface area contributed by atoms with Crippen LogP contribution in [0.15, 0.2) is 18.6 Å². The van der Waals surface area contributed by atoms with E-state index in [-0.39, 0.29) is 6.10 Å². The molecule has 2 aromatic heterocycles. The lowest BCUT2D eigenvalue weighted by atomic mass is 10.3. The van der Waals surface area contributed by atoms with Gasteiger partial charge in [-0.25, -0.2) is 9.97 Å². The van der Waals surface area contributed by atoms with Crippen LogP contribution in [0.2, 0.25) is 0 Å². The molecule has 0 bridgehead atoms. The van der Waals surface area contributed by atoms with Crippen LogP contribution < -0.4 is 5.32 Å². The quantitative estimate of drug-likeness (QED) is 0.811. The van der Waals surface area contributed by atoms with Crippen molar-refractivity contribution in [3.63, 3.8) is 0 Å². The van der Waals surface area contributed by atoms with E-state index in [1.54, 1.807) is 19.4 Å². The first-order valence-corrected chi connectivity index (χ1v) is 5.36. The Kier molecular flexibility index (Phi) is 3.05. The summed E-state index contributed by atoms with van der Waals surface area (Å²) in [6.07, 6.45) is 3.93. The van der Waals surface area contributed by atoms with Gasteiger partial charge in [0.2, 0.25) is 0 Å². The minimum absolute atomic E-state index is 0.296. The first kappa shape index (κ1) is 10.9. The number of hydrogen-bond donors (Lipinski definition) is 2. The Morgan fingerprint density at radius 2 is 2.31 bits per heavy atom. The molecular formula is C11H16N4O. The number of rotatable bonds is 4. The van der Waals surface area contributed by atoms with Crippen LogP contribution in [-0.4, -0.2) is 32.3 Å². The molecule has 2 heterocycles. The predicted molar refractivity (Wildman–Crippen MR) is 63.3 cm³/mol. The topological polar surface area (TPSA) is 63.0 Å². The number of nitrogens with zero attached hydrogens (tertiary/aromatic N) is 3. The summed E-state index contributed by atoms with van der Waals surface area (Å²) >= 11 is 0. The van der Waals surface area contributed by atoms with Crippen LogP contribution in [0.4, 0.5) is 5.82 Å². The van der Waals surface area contributed by atoms with Crippen LogP contribution in [0.5, 0.6) is 0 Å². The van der Waals surface area contributed by atoms with E-state index in [9.17, 15) is 0 Å². The Bertz CT molecular complexity index is 478. The van der Waals surface area contributed by atoms with Gasteiger partial charge in [0.25, 0.3) is 0 Å². The van der Waals surface area contributed by atoms with Crippen LogP contribution in [0.3, 0.4) is 0 Å². The lowest BCUT2D eigenvalue weighted by molar-refractivity contribution is 0.188. The molecule has 2 rings (SSSR count). The Morgan fingerprint density at radius 3 is 3.06 bits per heavy atom. The molecule has 2 N–H and O–H groups in total. The molecule has 5 heteroatoms. The highest BCUT2D eigenvalue weighted by Crippen LogP contribution is 2.18. The number of fused-ring (bicyclic) bond motifs is 1. The van der Waals surface area contributed by atoms with Crippen LogP contribution in [0.25, 0.3) is 11.0 Å². The van der Waals surface area contributed by atoms with Crippen molar-refractivity contribution in [2.45, 2.75) is 19.4 Å². The van der Waals surface area contributed by atoms with E-state index in [1.165, 1.54) is 0 Å². The Morgan fingerprint density at radius 1 is 1.50 bits per heavy atom. The molecule has 0 aromatic carbocycles. The number of imidazole rings is 1. The summed E-state index contributed by atoms with van der Waals surface area (Å²) in [5.41, 5.74) is 1.92. The van der Waals surface area contributed by atoms with E-state index in [2.05, 4.69) is 15.3 Å². The van der Waals surface area contributed by atoms with E-state index >= 15 is 0 Å². The van der Waals surface area contributed by atoms with Crippen molar-refractivity contribution in [1.82, 2.24) is 14.5 Å². The summed E-state index contributed by atoms with van der Waals surface area (Å²) in [5.74, 6) is 0.777. The standard InChI is InChI=1S/C11H16N4O/c1-8(16)3-5-12-11-10-9(4-6-13-11)15(2)7-14-10/h4,6-8,16H,3,5H2,1-2H3,(H,12,13). The molecule has 0 fully saturated rings. The summed E-state index contributed by atoms with van der Waals surface area (Å²) < 4.78 is 1.96. The second-order valence-corrected chi connectivity index (χ2v) is 3.95. The molecule has 0 radical (unpaired) electrons. The highest BCUT2D eigenvalue weighted by Gasteiger charge is 2.06. The fourth-order valence-corrected chi connectivity index (χ4v) is 1.59. The molecule has 0 amide bonds. The third-order valence-electron chi connectivity index (χ3n) is 2.50. The zero-order chi connectivity index (χ0) is 11.5. The zero-order valence-electron chi connectivity index (χ0n) is 9.51. The second-order valence-electron chi connectivity index (χ2n) is 3.95. The maximum atomic E-state index is 9.17. The molecule has 86 valence electrons. The molecule has 2 aromatic rings. The maximum absolute atomic E-state index is 9.17. The van der Waals surface area contributed by atoms with E-state index in [1.807, 2.05) is 17.7 Å². The van der Waals surface area contributed by atoms with Crippen LogP contribution in [0, 0.1) is 0 Å². The number of pyridine rings is 1. The van der Waals surface area contributed by atoms with Gasteiger partial charge in [-0.1, -0.05) is 0 Å². The van der Waals surface area contributed by atoms with Gasteiger partial charge < -0.3 is 15.0 Å². The lowest BCUT2D eigenvalue weighted by Gasteiger charge is -2.07. The van der Waals surface area contributed by atoms with Crippen molar-refractivity contribution in [1.29, 1.82) is 0 Å². The molecule has 1 atom stereocenters. The van der Waals surface area contributed by atoms with Crippen molar-refractivity contribution in [2.75, 3.05) is 11.9 Å². The van der Waals surface area contributed by atoms with Gasteiger partial charge in [0.15, 0.2) is 5.82 Å². The predicted octanol–water partition coefficient (Wildman–Crippen LogP) is 1.15. The average Bonchev–Trinajstić information content (AvgIpc) is 2.61. The van der Waals surface area contributed by atoms with E-state index in [0.717, 1.165) is 16.9 Å². The molecule has 0 aliphatic heterocycles. The highest BCUT2D eigenvalue weighted by molar-refractivity contribution is 5.85. The Hall–Kier alpha value is -1.62. The lowest BCUT2D eigenvalue weighted by Crippen LogP contribution is -2.10. The minimum Gasteiger partial charge on any atom is -0.393 e. The largest absolute Gasteiger partial charge is 0.393 e. The fourth-order valence-electron chi connectivity index (χ4n) is 1.59. The number of aliphatic hydroxyl groups is 1. The summed E-state index contributed by atoms with van der Waals surface area (Å²) in [5, 5.41) is 12.4. The third-order valence-corrected chi connectivity index (χ3v) is 2.50. The molecule has 0 spiro atoms. The smallest absolute Gasteiger partial charge is 0.154 e. The van der Waals surface area contributed by atoms with Gasteiger partial charge in [0.05, 0.1) is 17.9 Å². The fraction of sp³-hybridized carbons (Fsp3) is 0.455. The SMILES string of the molecule is CC(O)CCNc1nccc2c1ncn2C. The molecule has 0 saturated carbocycles. The summed E-state index contributed by atoms with van der Waals surface area (Å²) in [6, 6.07) is 1.93. The molecule has 0 aliphatic carbocycles. The van der Waals surface area contributed by atoms with Gasteiger partial charge >= 0.3 is 0 Å². The van der Waals surface area contributed by atoms with E-state index in [0.29, 0.717) is 13.0 Å². The van der Waals surface area contributed by atoms with Gasteiger partial charge in [-0.2, -0.15) is 0 Å².